The standard InChI is InChI=1S/C16H20N2O3/c1-12-5-6-14(10-13(12)2)21-9-7-17-16(19)18-11-15-4-3-8-20-15/h3-6,8,10H,7,9,11H2,1-2H3,(H2,17,18,19). The number of ether oxygens (including phenoxy) is 1. The van der Waals surface area contributed by atoms with E-state index in [1.165, 1.54) is 11.1 Å². The van der Waals surface area contributed by atoms with Gasteiger partial charge in [-0.2, -0.15) is 0 Å². The van der Waals surface area contributed by atoms with Crippen molar-refractivity contribution in [2.45, 2.75) is 20.4 Å². The van der Waals surface area contributed by atoms with Crippen molar-refractivity contribution in [1.82, 2.24) is 10.6 Å². The lowest BCUT2D eigenvalue weighted by Gasteiger charge is -2.09. The Balaban J connectivity index is 1.62. The number of rotatable bonds is 6. The van der Waals surface area contributed by atoms with Crippen LogP contribution in [0.5, 0.6) is 5.75 Å². The van der Waals surface area contributed by atoms with E-state index >= 15 is 0 Å². The number of urea groups is 1. The van der Waals surface area contributed by atoms with E-state index in [1.807, 2.05) is 31.2 Å². The van der Waals surface area contributed by atoms with Gasteiger partial charge in [0.15, 0.2) is 0 Å². The predicted octanol–water partition coefficient (Wildman–Crippen LogP) is 2.77. The molecule has 0 spiro atoms. The molecule has 1 aromatic heterocycles. The van der Waals surface area contributed by atoms with Gasteiger partial charge in [0.25, 0.3) is 0 Å². The van der Waals surface area contributed by atoms with E-state index < -0.39 is 0 Å². The highest BCUT2D eigenvalue weighted by molar-refractivity contribution is 5.73. The number of benzene rings is 1. The summed E-state index contributed by atoms with van der Waals surface area (Å²) in [5, 5.41) is 5.43. The fourth-order valence-electron chi connectivity index (χ4n) is 1.78. The molecule has 5 nitrogen and oxygen atoms in total. The molecule has 2 amide bonds. The topological polar surface area (TPSA) is 63.5 Å². The van der Waals surface area contributed by atoms with Gasteiger partial charge in [-0.1, -0.05) is 6.07 Å². The molecule has 0 aliphatic heterocycles. The van der Waals surface area contributed by atoms with Crippen LogP contribution in [0.25, 0.3) is 0 Å². The minimum absolute atomic E-state index is 0.241. The molecular weight excluding hydrogens is 268 g/mol. The number of hydrogen-bond acceptors (Lipinski definition) is 3. The van der Waals surface area contributed by atoms with Crippen LogP contribution in [0, 0.1) is 13.8 Å². The minimum atomic E-state index is -0.241. The summed E-state index contributed by atoms with van der Waals surface area (Å²) in [5.41, 5.74) is 2.43. The van der Waals surface area contributed by atoms with E-state index in [0.29, 0.717) is 19.7 Å². The molecule has 0 saturated carbocycles. The molecule has 21 heavy (non-hydrogen) atoms. The number of nitrogens with one attached hydrogen (secondary N) is 2. The van der Waals surface area contributed by atoms with E-state index in [9.17, 15) is 4.79 Å². The molecule has 0 aliphatic carbocycles. The number of carbonyl (C=O) groups is 1. The predicted molar refractivity (Wildman–Crippen MR) is 80.4 cm³/mol. The SMILES string of the molecule is Cc1ccc(OCCNC(=O)NCc2ccco2)cc1C. The maximum atomic E-state index is 11.5. The summed E-state index contributed by atoms with van der Waals surface area (Å²) in [6.07, 6.45) is 1.58. The lowest BCUT2D eigenvalue weighted by molar-refractivity contribution is 0.235. The minimum Gasteiger partial charge on any atom is -0.492 e. The van der Waals surface area contributed by atoms with Crippen LogP contribution in [0.2, 0.25) is 0 Å². The van der Waals surface area contributed by atoms with E-state index in [0.717, 1.165) is 11.5 Å². The average Bonchev–Trinajstić information content (AvgIpc) is 2.98. The highest BCUT2D eigenvalue weighted by Crippen LogP contribution is 2.15. The van der Waals surface area contributed by atoms with Gasteiger partial charge >= 0.3 is 6.03 Å². The number of amides is 2. The second-order valence-corrected chi connectivity index (χ2v) is 4.78. The van der Waals surface area contributed by atoms with Gasteiger partial charge in [0, 0.05) is 0 Å². The largest absolute Gasteiger partial charge is 0.492 e. The summed E-state index contributed by atoms with van der Waals surface area (Å²) in [7, 11) is 0. The summed E-state index contributed by atoms with van der Waals surface area (Å²) >= 11 is 0. The Labute approximate surface area is 124 Å². The maximum absolute atomic E-state index is 11.5. The first kappa shape index (κ1) is 15.0. The second-order valence-electron chi connectivity index (χ2n) is 4.78. The third kappa shape index (κ3) is 4.87. The van der Waals surface area contributed by atoms with Crippen LogP contribution >= 0.6 is 0 Å². The fraction of sp³-hybridized carbons (Fsp3) is 0.312. The summed E-state index contributed by atoms with van der Waals surface area (Å²) in [6.45, 7) is 5.34. The average molecular weight is 288 g/mol. The zero-order valence-electron chi connectivity index (χ0n) is 12.3. The number of carbonyl (C=O) groups excluding carboxylic acids is 1. The van der Waals surface area contributed by atoms with Crippen molar-refractivity contribution < 1.29 is 13.9 Å². The molecule has 0 radical (unpaired) electrons. The van der Waals surface area contributed by atoms with Crippen molar-refractivity contribution in [3.05, 3.63) is 53.5 Å². The number of hydrogen-bond donors (Lipinski definition) is 2. The molecule has 2 rings (SSSR count). The van der Waals surface area contributed by atoms with Crippen molar-refractivity contribution in [1.29, 1.82) is 0 Å². The van der Waals surface area contributed by atoms with Crippen molar-refractivity contribution >= 4 is 6.03 Å². The Hall–Kier alpha value is -2.43. The highest BCUT2D eigenvalue weighted by Gasteiger charge is 2.02. The second kappa shape index (κ2) is 7.38. The number of aryl methyl sites for hydroxylation is 2. The van der Waals surface area contributed by atoms with Gasteiger partial charge in [-0.25, -0.2) is 4.79 Å². The van der Waals surface area contributed by atoms with Crippen LogP contribution in [0.1, 0.15) is 16.9 Å². The van der Waals surface area contributed by atoms with Gasteiger partial charge in [-0.3, -0.25) is 0 Å². The fourth-order valence-corrected chi connectivity index (χ4v) is 1.78. The highest BCUT2D eigenvalue weighted by atomic mass is 16.5. The quantitative estimate of drug-likeness (QED) is 0.803. The molecule has 1 heterocycles. The molecule has 112 valence electrons. The van der Waals surface area contributed by atoms with Gasteiger partial charge in [0.2, 0.25) is 0 Å². The summed E-state index contributed by atoms with van der Waals surface area (Å²) < 4.78 is 10.7. The first-order valence-corrected chi connectivity index (χ1v) is 6.89. The van der Waals surface area contributed by atoms with Crippen molar-refractivity contribution in [3.8, 4) is 5.75 Å². The molecule has 2 aromatic rings. The molecule has 2 N–H and O–H groups in total. The van der Waals surface area contributed by atoms with Gasteiger partial charge in [-0.15, -0.1) is 0 Å². The van der Waals surface area contributed by atoms with Crippen molar-refractivity contribution in [3.63, 3.8) is 0 Å². The zero-order valence-corrected chi connectivity index (χ0v) is 12.3. The van der Waals surface area contributed by atoms with Crippen LogP contribution in [0.4, 0.5) is 4.79 Å². The molecule has 5 heteroatoms. The van der Waals surface area contributed by atoms with Gasteiger partial charge in [-0.05, 0) is 49.2 Å². The number of furan rings is 1. The summed E-state index contributed by atoms with van der Waals surface area (Å²) in [4.78, 5) is 11.5. The molecule has 0 bridgehead atoms. The van der Waals surface area contributed by atoms with Crippen LogP contribution in [0.3, 0.4) is 0 Å². The first-order chi connectivity index (χ1) is 10.1. The Kier molecular flexibility index (Phi) is 5.26. The Bertz CT molecular complexity index is 579. The molecule has 0 fully saturated rings. The van der Waals surface area contributed by atoms with Gasteiger partial charge < -0.3 is 19.8 Å². The van der Waals surface area contributed by atoms with E-state index in [4.69, 9.17) is 9.15 Å². The molecule has 0 saturated heterocycles. The maximum Gasteiger partial charge on any atom is 0.315 e. The van der Waals surface area contributed by atoms with Crippen LogP contribution in [-0.4, -0.2) is 19.2 Å². The van der Waals surface area contributed by atoms with E-state index in [2.05, 4.69) is 17.6 Å². The molecule has 1 aromatic carbocycles. The molecule has 0 unspecified atom stereocenters. The summed E-state index contributed by atoms with van der Waals surface area (Å²) in [5.74, 6) is 1.53. The Morgan fingerprint density at radius 1 is 1.19 bits per heavy atom. The lowest BCUT2D eigenvalue weighted by atomic mass is 10.1. The van der Waals surface area contributed by atoms with E-state index in [1.54, 1.807) is 12.3 Å². The van der Waals surface area contributed by atoms with Gasteiger partial charge in [0.1, 0.15) is 18.1 Å². The van der Waals surface area contributed by atoms with Crippen LogP contribution < -0.4 is 15.4 Å². The van der Waals surface area contributed by atoms with Crippen molar-refractivity contribution in [2.24, 2.45) is 0 Å². The Morgan fingerprint density at radius 3 is 2.76 bits per heavy atom. The third-order valence-electron chi connectivity index (χ3n) is 3.14. The monoisotopic (exact) mass is 288 g/mol. The molecular formula is C16H20N2O3. The van der Waals surface area contributed by atoms with Crippen LogP contribution in [-0.2, 0) is 6.54 Å². The summed E-state index contributed by atoms with van der Waals surface area (Å²) in [6, 6.07) is 9.30. The molecule has 0 atom stereocenters. The lowest BCUT2D eigenvalue weighted by Crippen LogP contribution is -2.37. The van der Waals surface area contributed by atoms with E-state index in [-0.39, 0.29) is 6.03 Å². The zero-order chi connectivity index (χ0) is 15.1. The normalized spacial score (nSPS) is 10.2. The molecule has 0 aliphatic rings. The smallest absolute Gasteiger partial charge is 0.315 e. The van der Waals surface area contributed by atoms with Crippen LogP contribution in [0.15, 0.2) is 41.0 Å². The first-order valence-electron chi connectivity index (χ1n) is 6.89. The van der Waals surface area contributed by atoms with Gasteiger partial charge in [0.05, 0.1) is 19.4 Å². The third-order valence-corrected chi connectivity index (χ3v) is 3.14. The van der Waals surface area contributed by atoms with Crippen molar-refractivity contribution in [2.75, 3.05) is 13.2 Å². The Morgan fingerprint density at radius 2 is 2.05 bits per heavy atom.